The van der Waals surface area contributed by atoms with E-state index in [0.717, 1.165) is 10.9 Å². The minimum absolute atomic E-state index is 0.141. The second-order valence-electron chi connectivity index (χ2n) is 5.23. The molecule has 0 spiro atoms. The van der Waals surface area contributed by atoms with Crippen molar-refractivity contribution < 1.29 is 4.79 Å². The van der Waals surface area contributed by atoms with Gasteiger partial charge in [0, 0.05) is 17.5 Å². The Kier molecular flexibility index (Phi) is 3.92. The van der Waals surface area contributed by atoms with Crippen LogP contribution in [-0.2, 0) is 17.9 Å². The molecule has 1 N–H and O–H groups in total. The smallest absolute Gasteiger partial charge is 0.275 e. The molecule has 1 aromatic carbocycles. The van der Waals surface area contributed by atoms with Crippen molar-refractivity contribution in [1.82, 2.24) is 19.6 Å². The normalized spacial score (nSPS) is 10.9. The molecule has 118 valence electrons. The standard InChI is InChI=1S/C16H17N5O2/c1-3-20-15(11(2)8-17-20)19-14(22)10-21-16(23)13-7-5-4-6-12(13)9-18-21/h4-9H,3,10H2,1-2H3,(H,19,22). The van der Waals surface area contributed by atoms with E-state index in [1.807, 2.05) is 26.0 Å². The summed E-state index contributed by atoms with van der Waals surface area (Å²) in [6.45, 7) is 4.32. The minimum Gasteiger partial charge on any atom is -0.309 e. The van der Waals surface area contributed by atoms with Gasteiger partial charge in [-0.05, 0) is 19.9 Å². The van der Waals surface area contributed by atoms with E-state index >= 15 is 0 Å². The summed E-state index contributed by atoms with van der Waals surface area (Å²) in [5.41, 5.74) is 0.595. The molecule has 0 radical (unpaired) electrons. The highest BCUT2D eigenvalue weighted by atomic mass is 16.2. The molecule has 3 aromatic rings. The van der Waals surface area contributed by atoms with Gasteiger partial charge >= 0.3 is 0 Å². The number of hydrogen-bond acceptors (Lipinski definition) is 4. The lowest BCUT2D eigenvalue weighted by Gasteiger charge is -2.09. The third-order valence-electron chi connectivity index (χ3n) is 3.63. The predicted molar refractivity (Wildman–Crippen MR) is 87.3 cm³/mol. The highest BCUT2D eigenvalue weighted by molar-refractivity contribution is 5.90. The fraction of sp³-hybridized carbons (Fsp3) is 0.250. The van der Waals surface area contributed by atoms with E-state index in [2.05, 4.69) is 15.5 Å². The van der Waals surface area contributed by atoms with Crippen LogP contribution in [0.4, 0.5) is 5.82 Å². The summed E-state index contributed by atoms with van der Waals surface area (Å²) in [5, 5.41) is 12.3. The first-order valence-corrected chi connectivity index (χ1v) is 7.37. The zero-order chi connectivity index (χ0) is 16.4. The van der Waals surface area contributed by atoms with Crippen molar-refractivity contribution in [3.63, 3.8) is 0 Å². The molecule has 2 aromatic heterocycles. The van der Waals surface area contributed by atoms with Crippen molar-refractivity contribution in [3.8, 4) is 0 Å². The maximum atomic E-state index is 12.4. The number of nitrogens with zero attached hydrogens (tertiary/aromatic N) is 4. The van der Waals surface area contributed by atoms with Crippen LogP contribution in [0.25, 0.3) is 10.8 Å². The van der Waals surface area contributed by atoms with E-state index in [-0.39, 0.29) is 18.0 Å². The van der Waals surface area contributed by atoms with Crippen molar-refractivity contribution in [2.24, 2.45) is 0 Å². The molecule has 0 aliphatic heterocycles. The maximum Gasteiger partial charge on any atom is 0.275 e. The van der Waals surface area contributed by atoms with E-state index < -0.39 is 0 Å². The van der Waals surface area contributed by atoms with Crippen molar-refractivity contribution in [2.75, 3.05) is 5.32 Å². The lowest BCUT2D eigenvalue weighted by molar-refractivity contribution is -0.117. The third kappa shape index (κ3) is 2.85. The number of nitrogens with one attached hydrogen (secondary N) is 1. The van der Waals surface area contributed by atoms with Crippen molar-refractivity contribution in [3.05, 3.63) is 52.6 Å². The Bertz CT molecular complexity index is 926. The van der Waals surface area contributed by atoms with Gasteiger partial charge in [0.2, 0.25) is 5.91 Å². The van der Waals surface area contributed by atoms with Gasteiger partial charge in [-0.25, -0.2) is 9.36 Å². The molecule has 1 amide bonds. The molecule has 23 heavy (non-hydrogen) atoms. The Morgan fingerprint density at radius 2 is 1.91 bits per heavy atom. The number of amides is 1. The lowest BCUT2D eigenvalue weighted by atomic mass is 10.2. The van der Waals surface area contributed by atoms with Crippen molar-refractivity contribution in [1.29, 1.82) is 0 Å². The van der Waals surface area contributed by atoms with Crippen molar-refractivity contribution >= 4 is 22.5 Å². The van der Waals surface area contributed by atoms with Gasteiger partial charge in [0.25, 0.3) is 5.56 Å². The molecular weight excluding hydrogens is 294 g/mol. The van der Waals surface area contributed by atoms with Crippen LogP contribution in [0, 0.1) is 6.92 Å². The maximum absolute atomic E-state index is 12.4. The number of benzene rings is 1. The fourth-order valence-electron chi connectivity index (χ4n) is 2.43. The quantitative estimate of drug-likeness (QED) is 0.793. The summed E-state index contributed by atoms with van der Waals surface area (Å²) in [5.74, 6) is 0.333. The number of carbonyl (C=O) groups excluding carboxylic acids is 1. The van der Waals surface area contributed by atoms with Gasteiger partial charge in [-0.1, -0.05) is 18.2 Å². The Balaban J connectivity index is 1.84. The van der Waals surface area contributed by atoms with Crippen molar-refractivity contribution in [2.45, 2.75) is 26.9 Å². The van der Waals surface area contributed by atoms with Crippen LogP contribution in [0.1, 0.15) is 12.5 Å². The van der Waals surface area contributed by atoms with Gasteiger partial charge in [0.1, 0.15) is 12.4 Å². The van der Waals surface area contributed by atoms with Gasteiger partial charge < -0.3 is 5.32 Å². The molecule has 2 heterocycles. The summed E-state index contributed by atoms with van der Waals surface area (Å²) in [6, 6.07) is 7.17. The van der Waals surface area contributed by atoms with Gasteiger partial charge in [-0.2, -0.15) is 10.2 Å². The number of rotatable bonds is 4. The fourth-order valence-corrected chi connectivity index (χ4v) is 2.43. The zero-order valence-electron chi connectivity index (χ0n) is 13.0. The highest BCUT2D eigenvalue weighted by Gasteiger charge is 2.12. The van der Waals surface area contributed by atoms with Crippen LogP contribution in [0.2, 0.25) is 0 Å². The zero-order valence-corrected chi connectivity index (χ0v) is 13.0. The van der Waals surface area contributed by atoms with E-state index in [1.54, 1.807) is 29.2 Å². The average Bonchev–Trinajstić information content (AvgIpc) is 2.90. The molecule has 0 fully saturated rings. The van der Waals surface area contributed by atoms with Crippen LogP contribution in [0.5, 0.6) is 0 Å². The Labute approximate surface area is 132 Å². The number of aromatic nitrogens is 4. The van der Waals surface area contributed by atoms with E-state index in [4.69, 9.17) is 0 Å². The Hall–Kier alpha value is -2.96. The number of anilines is 1. The second kappa shape index (κ2) is 6.04. The predicted octanol–water partition coefficient (Wildman–Crippen LogP) is 1.56. The van der Waals surface area contributed by atoms with Gasteiger partial charge in [0.15, 0.2) is 0 Å². The molecule has 0 aliphatic rings. The highest BCUT2D eigenvalue weighted by Crippen LogP contribution is 2.13. The Morgan fingerprint density at radius 3 is 2.70 bits per heavy atom. The first-order chi connectivity index (χ1) is 11.1. The topological polar surface area (TPSA) is 81.8 Å². The third-order valence-corrected chi connectivity index (χ3v) is 3.63. The van der Waals surface area contributed by atoms with Crippen LogP contribution in [-0.4, -0.2) is 25.5 Å². The van der Waals surface area contributed by atoms with Gasteiger partial charge in [0.05, 0.1) is 17.8 Å². The summed E-state index contributed by atoms with van der Waals surface area (Å²) < 4.78 is 2.86. The number of carbonyl (C=O) groups is 1. The number of fused-ring (bicyclic) bond motifs is 1. The van der Waals surface area contributed by atoms with Crippen LogP contribution in [0.3, 0.4) is 0 Å². The molecule has 0 unspecified atom stereocenters. The molecule has 7 nitrogen and oxygen atoms in total. The van der Waals surface area contributed by atoms with E-state index in [0.29, 0.717) is 17.7 Å². The minimum atomic E-state index is -0.312. The molecule has 3 rings (SSSR count). The lowest BCUT2D eigenvalue weighted by Crippen LogP contribution is -2.30. The van der Waals surface area contributed by atoms with Gasteiger partial charge in [-0.15, -0.1) is 0 Å². The molecule has 0 aliphatic carbocycles. The van der Waals surface area contributed by atoms with Crippen LogP contribution < -0.4 is 10.9 Å². The molecule has 0 saturated carbocycles. The Morgan fingerprint density at radius 1 is 1.17 bits per heavy atom. The monoisotopic (exact) mass is 311 g/mol. The first kappa shape index (κ1) is 15.0. The number of aryl methyl sites for hydroxylation is 2. The summed E-state index contributed by atoms with van der Waals surface area (Å²) in [7, 11) is 0. The summed E-state index contributed by atoms with van der Waals surface area (Å²) >= 11 is 0. The summed E-state index contributed by atoms with van der Waals surface area (Å²) in [4.78, 5) is 24.6. The van der Waals surface area contributed by atoms with Crippen LogP contribution >= 0.6 is 0 Å². The van der Waals surface area contributed by atoms with E-state index in [1.165, 1.54) is 4.68 Å². The average molecular weight is 311 g/mol. The largest absolute Gasteiger partial charge is 0.309 e. The first-order valence-electron chi connectivity index (χ1n) is 7.37. The molecule has 7 heteroatoms. The molecule has 0 saturated heterocycles. The summed E-state index contributed by atoms with van der Waals surface area (Å²) in [6.07, 6.45) is 3.28. The SMILES string of the molecule is CCn1ncc(C)c1NC(=O)Cn1ncc2ccccc2c1=O. The van der Waals surface area contributed by atoms with Crippen LogP contribution in [0.15, 0.2) is 41.5 Å². The molecular formula is C16H17N5O2. The van der Waals surface area contributed by atoms with Gasteiger partial charge in [-0.3, -0.25) is 9.59 Å². The number of hydrogen-bond donors (Lipinski definition) is 1. The second-order valence-corrected chi connectivity index (χ2v) is 5.23. The van der Waals surface area contributed by atoms with E-state index in [9.17, 15) is 9.59 Å². The molecule has 0 bridgehead atoms. The molecule has 0 atom stereocenters.